The molecule has 1 fully saturated rings. The molecule has 1 N–H and O–H groups in total. The SMILES string of the molecule is Cn1ccnc1C1CCN(C(=O)[C@H]2CC(=O)Nc3ccc(F)cc32)CC1. The lowest BCUT2D eigenvalue weighted by Gasteiger charge is -2.35. The molecular weight excluding hydrogens is 335 g/mol. The van der Waals surface area contributed by atoms with E-state index in [1.807, 2.05) is 17.8 Å². The largest absolute Gasteiger partial charge is 0.342 e. The minimum absolute atomic E-state index is 0.0641. The fourth-order valence-electron chi connectivity index (χ4n) is 4.00. The number of rotatable bonds is 2. The van der Waals surface area contributed by atoms with Gasteiger partial charge in [-0.25, -0.2) is 9.37 Å². The Morgan fingerprint density at radius 2 is 2.08 bits per heavy atom. The molecule has 2 amide bonds. The molecule has 1 atom stereocenters. The number of amides is 2. The summed E-state index contributed by atoms with van der Waals surface area (Å²) in [5.74, 6) is 0.0701. The van der Waals surface area contributed by atoms with Gasteiger partial charge in [-0.2, -0.15) is 0 Å². The average Bonchev–Trinajstić information content (AvgIpc) is 3.07. The molecule has 0 unspecified atom stereocenters. The van der Waals surface area contributed by atoms with E-state index in [0.29, 0.717) is 30.3 Å². The van der Waals surface area contributed by atoms with E-state index in [-0.39, 0.29) is 18.2 Å². The summed E-state index contributed by atoms with van der Waals surface area (Å²) >= 11 is 0. The van der Waals surface area contributed by atoms with Gasteiger partial charge in [0.15, 0.2) is 0 Å². The number of nitrogens with zero attached hydrogens (tertiary/aromatic N) is 3. The Bertz CT molecular complexity index is 855. The summed E-state index contributed by atoms with van der Waals surface area (Å²) in [7, 11) is 1.98. The van der Waals surface area contributed by atoms with Crippen LogP contribution in [-0.4, -0.2) is 39.4 Å². The molecule has 0 saturated carbocycles. The maximum Gasteiger partial charge on any atom is 0.230 e. The van der Waals surface area contributed by atoms with Crippen LogP contribution in [0.5, 0.6) is 0 Å². The number of imidazole rings is 1. The van der Waals surface area contributed by atoms with E-state index in [2.05, 4.69) is 10.3 Å². The maximum absolute atomic E-state index is 13.7. The first-order chi connectivity index (χ1) is 12.5. The number of benzene rings is 1. The van der Waals surface area contributed by atoms with Gasteiger partial charge in [0.2, 0.25) is 11.8 Å². The van der Waals surface area contributed by atoms with Crippen LogP contribution in [0.2, 0.25) is 0 Å². The molecule has 2 aromatic rings. The highest BCUT2D eigenvalue weighted by atomic mass is 19.1. The number of likely N-dealkylation sites (tertiary alicyclic amines) is 1. The zero-order valence-electron chi connectivity index (χ0n) is 14.6. The Kier molecular flexibility index (Phi) is 4.22. The summed E-state index contributed by atoms with van der Waals surface area (Å²) in [5.41, 5.74) is 1.10. The Hall–Kier alpha value is -2.70. The van der Waals surface area contributed by atoms with Crippen molar-refractivity contribution in [1.82, 2.24) is 14.5 Å². The number of aromatic nitrogens is 2. The number of halogens is 1. The Morgan fingerprint density at radius 3 is 2.77 bits per heavy atom. The van der Waals surface area contributed by atoms with E-state index in [1.54, 1.807) is 11.1 Å². The molecule has 0 bridgehead atoms. The van der Waals surface area contributed by atoms with Gasteiger partial charge in [0.25, 0.3) is 0 Å². The summed E-state index contributed by atoms with van der Waals surface area (Å²) in [6.07, 6.45) is 5.46. The molecule has 0 spiro atoms. The number of hydrogen-bond acceptors (Lipinski definition) is 3. The number of anilines is 1. The van der Waals surface area contributed by atoms with Gasteiger partial charge >= 0.3 is 0 Å². The van der Waals surface area contributed by atoms with Gasteiger partial charge in [-0.3, -0.25) is 9.59 Å². The van der Waals surface area contributed by atoms with Crippen molar-refractivity contribution in [3.8, 4) is 0 Å². The summed E-state index contributed by atoms with van der Waals surface area (Å²) in [6.45, 7) is 1.25. The molecule has 26 heavy (non-hydrogen) atoms. The summed E-state index contributed by atoms with van der Waals surface area (Å²) in [5, 5.41) is 2.72. The van der Waals surface area contributed by atoms with Gasteiger partial charge in [-0.05, 0) is 36.6 Å². The maximum atomic E-state index is 13.7. The van der Waals surface area contributed by atoms with Gasteiger partial charge in [0, 0.05) is 50.6 Å². The smallest absolute Gasteiger partial charge is 0.230 e. The van der Waals surface area contributed by atoms with Gasteiger partial charge < -0.3 is 14.8 Å². The molecule has 4 rings (SSSR count). The second kappa shape index (κ2) is 6.55. The normalized spacial score (nSPS) is 20.6. The van der Waals surface area contributed by atoms with Crippen LogP contribution in [0.25, 0.3) is 0 Å². The van der Waals surface area contributed by atoms with Crippen LogP contribution in [0.3, 0.4) is 0 Å². The van der Waals surface area contributed by atoms with Crippen LogP contribution < -0.4 is 5.32 Å². The highest BCUT2D eigenvalue weighted by molar-refractivity contribution is 6.01. The number of aryl methyl sites for hydroxylation is 1. The zero-order chi connectivity index (χ0) is 18.3. The molecule has 136 valence electrons. The fraction of sp³-hybridized carbons (Fsp3) is 0.421. The predicted molar refractivity (Wildman–Crippen MR) is 94.2 cm³/mol. The molecule has 0 radical (unpaired) electrons. The van der Waals surface area contributed by atoms with Crippen LogP contribution in [-0.2, 0) is 16.6 Å². The molecule has 6 nitrogen and oxygen atoms in total. The quantitative estimate of drug-likeness (QED) is 0.898. The third-order valence-corrected chi connectivity index (χ3v) is 5.38. The average molecular weight is 356 g/mol. The second-order valence-corrected chi connectivity index (χ2v) is 7.03. The van der Waals surface area contributed by atoms with Crippen LogP contribution in [0.4, 0.5) is 10.1 Å². The third-order valence-electron chi connectivity index (χ3n) is 5.38. The van der Waals surface area contributed by atoms with E-state index >= 15 is 0 Å². The lowest BCUT2D eigenvalue weighted by molar-refractivity contribution is -0.136. The summed E-state index contributed by atoms with van der Waals surface area (Å²) < 4.78 is 15.7. The Morgan fingerprint density at radius 1 is 1.31 bits per heavy atom. The standard InChI is InChI=1S/C19H21FN4O2/c1-23-9-6-21-18(23)12-4-7-24(8-5-12)19(26)15-11-17(25)22-16-3-2-13(20)10-14(15)16/h2-3,6,9-10,12,15H,4-5,7-8,11H2,1H3,(H,22,25)/t15-/m0/s1. The molecule has 3 heterocycles. The molecule has 1 aromatic carbocycles. The predicted octanol–water partition coefficient (Wildman–Crippen LogP) is 2.39. The summed E-state index contributed by atoms with van der Waals surface area (Å²) in [4.78, 5) is 31.2. The van der Waals surface area contributed by atoms with Crippen molar-refractivity contribution in [2.45, 2.75) is 31.1 Å². The van der Waals surface area contributed by atoms with E-state index in [4.69, 9.17) is 0 Å². The third kappa shape index (κ3) is 2.98. The number of fused-ring (bicyclic) bond motifs is 1. The lowest BCUT2D eigenvalue weighted by atomic mass is 9.87. The van der Waals surface area contributed by atoms with Gasteiger partial charge in [-0.15, -0.1) is 0 Å². The molecule has 2 aliphatic heterocycles. The van der Waals surface area contributed by atoms with Crippen molar-refractivity contribution in [3.05, 3.63) is 47.8 Å². The Balaban J connectivity index is 1.50. The first kappa shape index (κ1) is 16.8. The first-order valence-corrected chi connectivity index (χ1v) is 8.88. The van der Waals surface area contributed by atoms with E-state index < -0.39 is 11.7 Å². The monoisotopic (exact) mass is 356 g/mol. The van der Waals surface area contributed by atoms with Crippen molar-refractivity contribution >= 4 is 17.5 Å². The van der Waals surface area contributed by atoms with Crippen molar-refractivity contribution in [1.29, 1.82) is 0 Å². The number of nitrogens with one attached hydrogen (secondary N) is 1. The lowest BCUT2D eigenvalue weighted by Crippen LogP contribution is -2.42. The van der Waals surface area contributed by atoms with E-state index in [9.17, 15) is 14.0 Å². The molecule has 2 aliphatic rings. The number of carbonyl (C=O) groups excluding carboxylic acids is 2. The first-order valence-electron chi connectivity index (χ1n) is 8.88. The minimum Gasteiger partial charge on any atom is -0.342 e. The van der Waals surface area contributed by atoms with Crippen LogP contribution in [0.15, 0.2) is 30.6 Å². The van der Waals surface area contributed by atoms with Gasteiger partial charge in [0.1, 0.15) is 11.6 Å². The molecule has 7 heteroatoms. The molecule has 1 aromatic heterocycles. The number of carbonyl (C=O) groups is 2. The minimum atomic E-state index is -0.612. The van der Waals surface area contributed by atoms with Crippen LogP contribution >= 0.6 is 0 Å². The topological polar surface area (TPSA) is 67.2 Å². The zero-order valence-corrected chi connectivity index (χ0v) is 14.6. The van der Waals surface area contributed by atoms with Gasteiger partial charge in [0.05, 0.1) is 5.92 Å². The van der Waals surface area contributed by atoms with Gasteiger partial charge in [-0.1, -0.05) is 0 Å². The van der Waals surface area contributed by atoms with Crippen LogP contribution in [0.1, 0.15) is 42.5 Å². The highest BCUT2D eigenvalue weighted by Crippen LogP contribution is 2.35. The molecular formula is C19H21FN4O2. The molecule has 0 aliphatic carbocycles. The van der Waals surface area contributed by atoms with Crippen molar-refractivity contribution in [2.24, 2.45) is 7.05 Å². The molecule has 1 saturated heterocycles. The second-order valence-electron chi connectivity index (χ2n) is 7.03. The van der Waals surface area contributed by atoms with Crippen LogP contribution in [0, 0.1) is 5.82 Å². The summed E-state index contributed by atoms with van der Waals surface area (Å²) in [6, 6.07) is 4.18. The number of piperidine rings is 1. The number of hydrogen-bond donors (Lipinski definition) is 1. The fourth-order valence-corrected chi connectivity index (χ4v) is 4.00. The van der Waals surface area contributed by atoms with Crippen molar-refractivity contribution in [2.75, 3.05) is 18.4 Å². The van der Waals surface area contributed by atoms with Crippen molar-refractivity contribution in [3.63, 3.8) is 0 Å². The Labute approximate surface area is 151 Å². The highest BCUT2D eigenvalue weighted by Gasteiger charge is 2.35. The van der Waals surface area contributed by atoms with E-state index in [1.165, 1.54) is 18.2 Å². The van der Waals surface area contributed by atoms with E-state index in [0.717, 1.165) is 18.7 Å². The van der Waals surface area contributed by atoms with Crippen molar-refractivity contribution < 1.29 is 14.0 Å².